The molecule has 0 saturated carbocycles. The Balaban J connectivity index is 1.42. The van der Waals surface area contributed by atoms with E-state index in [1.807, 2.05) is 6.92 Å². The highest BCUT2D eigenvalue weighted by Gasteiger charge is 2.55. The van der Waals surface area contributed by atoms with Crippen molar-refractivity contribution in [3.8, 4) is 0 Å². The Morgan fingerprint density at radius 2 is 1.00 bits per heavy atom. The van der Waals surface area contributed by atoms with Crippen molar-refractivity contribution < 1.29 is 45.5 Å². The molecule has 0 N–H and O–H groups in total. The first-order valence-corrected chi connectivity index (χ1v) is 15.9. The van der Waals surface area contributed by atoms with Crippen LogP contribution >= 0.6 is 0 Å². The van der Waals surface area contributed by atoms with E-state index >= 15 is 13.2 Å². The third kappa shape index (κ3) is 5.17. The number of hydrogen-bond donors (Lipinski definition) is 0. The van der Waals surface area contributed by atoms with Crippen LogP contribution in [-0.4, -0.2) is 47.9 Å². The van der Waals surface area contributed by atoms with Gasteiger partial charge in [-0.3, -0.25) is 24.1 Å². The third-order valence-electron chi connectivity index (χ3n) is 10.8. The van der Waals surface area contributed by atoms with E-state index in [-0.39, 0.29) is 55.8 Å². The van der Waals surface area contributed by atoms with Gasteiger partial charge in [-0.2, -0.15) is 26.3 Å². The Kier molecular flexibility index (Phi) is 8.12. The van der Waals surface area contributed by atoms with E-state index in [0.717, 1.165) is 64.2 Å². The molecule has 2 aliphatic heterocycles. The summed E-state index contributed by atoms with van der Waals surface area (Å²) in [6, 6.07) is 12.0. The maximum absolute atomic E-state index is 15.0. The Hall–Kier alpha value is -5.26. The molecule has 0 fully saturated rings. The molecule has 4 amide bonds. The van der Waals surface area contributed by atoms with Gasteiger partial charge in [0.15, 0.2) is 0 Å². The van der Waals surface area contributed by atoms with E-state index in [9.17, 15) is 32.3 Å². The maximum Gasteiger partial charge on any atom is 0.402 e. The van der Waals surface area contributed by atoms with Gasteiger partial charge >= 0.3 is 12.4 Å². The lowest BCUT2D eigenvalue weighted by molar-refractivity contribution is -0.173. The number of nitrogens with zero attached hydrogens (tertiary/aromatic N) is 2. The minimum absolute atomic E-state index is 0.00578. The Labute approximate surface area is 289 Å². The first-order chi connectivity index (χ1) is 23.6. The molecule has 4 aromatic rings. The van der Waals surface area contributed by atoms with Crippen LogP contribution < -0.4 is 4.90 Å². The molecule has 2 heterocycles. The number of fused-ring (bicyclic) bond motifs is 2. The number of anilines is 1. The van der Waals surface area contributed by atoms with E-state index in [4.69, 9.17) is 0 Å². The summed E-state index contributed by atoms with van der Waals surface area (Å²) in [5.41, 5.74) is -1.76. The van der Waals surface area contributed by atoms with Crippen LogP contribution in [-0.2, 0) is 5.41 Å². The van der Waals surface area contributed by atoms with E-state index in [0.29, 0.717) is 5.56 Å². The van der Waals surface area contributed by atoms with Crippen molar-refractivity contribution >= 4 is 29.3 Å². The highest BCUT2D eigenvalue weighted by molar-refractivity contribution is 6.34. The van der Waals surface area contributed by atoms with E-state index in [1.54, 1.807) is 19.9 Å². The summed E-state index contributed by atoms with van der Waals surface area (Å²) in [6.45, 7) is 9.03. The van der Waals surface area contributed by atoms with Gasteiger partial charge in [0, 0.05) is 7.05 Å². The molecule has 2 aliphatic rings. The standard InChI is InChI=1S/C39H32F6N2O4/c1-18-8-11-25(20(3)19(18)2)32(38(40,41)42)26-14-15-31(22(5)21(26)4)47-35(50)28-13-10-24(17-30(28)36(47)51)37(6,39(43,44)45)23-9-12-27-29(16-23)34(49)46(7)33(27)48/h8-17,32H,1-7H3. The van der Waals surface area contributed by atoms with Gasteiger partial charge in [-0.05, 0) is 122 Å². The van der Waals surface area contributed by atoms with Gasteiger partial charge in [-0.15, -0.1) is 0 Å². The zero-order valence-corrected chi connectivity index (χ0v) is 28.6. The van der Waals surface area contributed by atoms with Crippen molar-refractivity contribution in [1.29, 1.82) is 0 Å². The van der Waals surface area contributed by atoms with E-state index in [1.165, 1.54) is 39.1 Å². The van der Waals surface area contributed by atoms with Crippen LogP contribution in [0, 0.1) is 34.6 Å². The normalized spacial score (nSPS) is 16.5. The van der Waals surface area contributed by atoms with E-state index in [2.05, 4.69) is 0 Å². The number of carbonyl (C=O) groups excluding carboxylic acids is 4. The summed E-state index contributed by atoms with van der Waals surface area (Å²) in [5, 5.41) is 0. The number of alkyl halides is 6. The predicted molar refractivity (Wildman–Crippen MR) is 177 cm³/mol. The molecule has 0 aliphatic carbocycles. The Morgan fingerprint density at radius 1 is 0.549 bits per heavy atom. The molecule has 2 atom stereocenters. The zero-order valence-electron chi connectivity index (χ0n) is 28.6. The molecule has 264 valence electrons. The predicted octanol–water partition coefficient (Wildman–Crippen LogP) is 8.82. The fourth-order valence-corrected chi connectivity index (χ4v) is 7.13. The minimum Gasteiger partial charge on any atom is -0.277 e. The average Bonchev–Trinajstić information content (AvgIpc) is 3.44. The van der Waals surface area contributed by atoms with Crippen molar-refractivity contribution in [3.05, 3.63) is 133 Å². The van der Waals surface area contributed by atoms with Gasteiger partial charge < -0.3 is 0 Å². The molecule has 0 aromatic heterocycles. The van der Waals surface area contributed by atoms with Crippen LogP contribution in [0.1, 0.15) is 104 Å². The zero-order chi connectivity index (χ0) is 37.7. The number of aryl methyl sites for hydroxylation is 1. The van der Waals surface area contributed by atoms with Crippen molar-refractivity contribution in [2.75, 3.05) is 11.9 Å². The van der Waals surface area contributed by atoms with Crippen LogP contribution in [0.25, 0.3) is 0 Å². The second-order valence-corrected chi connectivity index (χ2v) is 13.4. The number of benzene rings is 4. The molecule has 6 nitrogen and oxygen atoms in total. The SMILES string of the molecule is Cc1ccc(C(c2ccc(N3C(=O)c4ccc(C(C)(c5ccc6c(c5)C(=O)N(C)C6=O)C(F)(F)F)cc4C3=O)c(C)c2C)C(F)(F)F)c(C)c1C. The number of halogens is 6. The van der Waals surface area contributed by atoms with Gasteiger partial charge in [0.25, 0.3) is 23.6 Å². The van der Waals surface area contributed by atoms with Crippen LogP contribution in [0.3, 0.4) is 0 Å². The second-order valence-electron chi connectivity index (χ2n) is 13.4. The Bertz CT molecular complexity index is 2220. The van der Waals surface area contributed by atoms with Crippen LogP contribution in [0.2, 0.25) is 0 Å². The highest BCUT2D eigenvalue weighted by Crippen LogP contribution is 2.49. The molecular formula is C39H32F6N2O4. The van der Waals surface area contributed by atoms with Gasteiger partial charge in [-0.1, -0.05) is 30.3 Å². The quantitative estimate of drug-likeness (QED) is 0.154. The first-order valence-electron chi connectivity index (χ1n) is 15.9. The van der Waals surface area contributed by atoms with Crippen LogP contribution in [0.5, 0.6) is 0 Å². The van der Waals surface area contributed by atoms with Gasteiger partial charge in [-0.25, -0.2) is 4.90 Å². The largest absolute Gasteiger partial charge is 0.402 e. The summed E-state index contributed by atoms with van der Waals surface area (Å²) < 4.78 is 89.3. The molecule has 51 heavy (non-hydrogen) atoms. The smallest absolute Gasteiger partial charge is 0.277 e. The second kappa shape index (κ2) is 11.6. The lowest BCUT2D eigenvalue weighted by Crippen LogP contribution is -2.41. The van der Waals surface area contributed by atoms with Gasteiger partial charge in [0.05, 0.1) is 27.9 Å². The maximum atomic E-state index is 15.0. The van der Waals surface area contributed by atoms with Gasteiger partial charge in [0.2, 0.25) is 0 Å². The summed E-state index contributed by atoms with van der Waals surface area (Å²) in [4.78, 5) is 54.1. The molecule has 12 heteroatoms. The van der Waals surface area contributed by atoms with E-state index < -0.39 is 52.9 Å². The van der Waals surface area contributed by atoms with Crippen molar-refractivity contribution in [2.45, 2.75) is 65.2 Å². The number of carbonyl (C=O) groups is 4. The number of rotatable bonds is 5. The number of imide groups is 2. The lowest BCUT2D eigenvalue weighted by atomic mass is 9.74. The summed E-state index contributed by atoms with van der Waals surface area (Å²) in [5.74, 6) is -5.18. The molecule has 6 rings (SSSR count). The highest BCUT2D eigenvalue weighted by atomic mass is 19.4. The minimum atomic E-state index is -4.97. The molecule has 0 saturated heterocycles. The Morgan fingerprint density at radius 3 is 1.53 bits per heavy atom. The average molecular weight is 707 g/mol. The molecular weight excluding hydrogens is 674 g/mol. The summed E-state index contributed by atoms with van der Waals surface area (Å²) in [6.07, 6.45) is -9.65. The van der Waals surface area contributed by atoms with Crippen molar-refractivity contribution in [2.24, 2.45) is 0 Å². The summed E-state index contributed by atoms with van der Waals surface area (Å²) >= 11 is 0. The molecule has 0 bridgehead atoms. The topological polar surface area (TPSA) is 74.8 Å². The molecule has 0 radical (unpaired) electrons. The summed E-state index contributed by atoms with van der Waals surface area (Å²) in [7, 11) is 1.22. The molecule has 2 unspecified atom stereocenters. The third-order valence-corrected chi connectivity index (χ3v) is 10.8. The first kappa shape index (κ1) is 35.6. The molecule has 4 aromatic carbocycles. The monoisotopic (exact) mass is 706 g/mol. The van der Waals surface area contributed by atoms with Crippen molar-refractivity contribution in [1.82, 2.24) is 4.90 Å². The fourth-order valence-electron chi connectivity index (χ4n) is 7.13. The van der Waals surface area contributed by atoms with Crippen LogP contribution in [0.4, 0.5) is 32.0 Å². The molecule has 0 spiro atoms. The number of amides is 4. The number of hydrogen-bond acceptors (Lipinski definition) is 4. The van der Waals surface area contributed by atoms with Crippen molar-refractivity contribution in [3.63, 3.8) is 0 Å². The van der Waals surface area contributed by atoms with Gasteiger partial charge in [0.1, 0.15) is 11.3 Å². The van der Waals surface area contributed by atoms with Crippen LogP contribution in [0.15, 0.2) is 60.7 Å². The fraction of sp³-hybridized carbons (Fsp3) is 0.282. The lowest BCUT2D eigenvalue weighted by Gasteiger charge is -2.33.